The minimum Gasteiger partial charge on any atom is -0.480 e. The van der Waals surface area contributed by atoms with Crippen molar-refractivity contribution in [2.24, 2.45) is 0 Å². The second-order valence-corrected chi connectivity index (χ2v) is 6.73. The van der Waals surface area contributed by atoms with Crippen LogP contribution in [0.15, 0.2) is 11.0 Å². The summed E-state index contributed by atoms with van der Waals surface area (Å²) in [5, 5.41) is 14.7. The smallest absolute Gasteiger partial charge is 0.349 e. The number of amides is 1. The number of aliphatic carboxylic acids is 1. The van der Waals surface area contributed by atoms with Gasteiger partial charge in [0.05, 0.1) is 0 Å². The van der Waals surface area contributed by atoms with Crippen LogP contribution in [-0.4, -0.2) is 65.2 Å². The minimum atomic E-state index is -1.10. The van der Waals surface area contributed by atoms with E-state index in [0.717, 1.165) is 5.56 Å². The fraction of sp³-hybridized carbons (Fsp3) is 0.625. The van der Waals surface area contributed by atoms with Crippen LogP contribution in [0.2, 0.25) is 0 Å². The number of rotatable bonds is 8. The van der Waals surface area contributed by atoms with Gasteiger partial charge in [-0.3, -0.25) is 14.2 Å². The number of anilines is 1. The molecule has 0 atom stereocenters. The molecule has 3 N–H and O–H groups in total. The molecule has 0 radical (unpaired) electrons. The number of hydrogen-bond donors (Lipinski definition) is 3. The zero-order chi connectivity index (χ0) is 19.2. The predicted molar refractivity (Wildman–Crippen MR) is 94.9 cm³/mol. The lowest BCUT2D eigenvalue weighted by Gasteiger charge is -2.24. The van der Waals surface area contributed by atoms with Crippen molar-refractivity contribution in [3.63, 3.8) is 0 Å². The first-order valence-corrected chi connectivity index (χ1v) is 8.04. The summed E-state index contributed by atoms with van der Waals surface area (Å²) in [5.41, 5.74) is -0.0477. The van der Waals surface area contributed by atoms with E-state index in [0.29, 0.717) is 12.4 Å². The van der Waals surface area contributed by atoms with Gasteiger partial charge in [0.15, 0.2) is 0 Å². The summed E-state index contributed by atoms with van der Waals surface area (Å²) in [6.07, 6.45) is 1.61. The SMILES string of the molecule is CNCCN(CC(=O)O)C(=O)Cn1cc(C(C)(C)C)c(NC)nc1=O. The van der Waals surface area contributed by atoms with Crippen LogP contribution in [0.1, 0.15) is 26.3 Å². The molecule has 0 bridgehead atoms. The first kappa shape index (κ1) is 20.6. The molecule has 0 fully saturated rings. The molecular formula is C16H27N5O4. The molecule has 9 heteroatoms. The van der Waals surface area contributed by atoms with Gasteiger partial charge in [-0.15, -0.1) is 0 Å². The van der Waals surface area contributed by atoms with Crippen LogP contribution in [-0.2, 0) is 21.5 Å². The van der Waals surface area contributed by atoms with Crippen LogP contribution in [0.25, 0.3) is 0 Å². The number of nitrogens with one attached hydrogen (secondary N) is 2. The summed E-state index contributed by atoms with van der Waals surface area (Å²) in [7, 11) is 3.39. The zero-order valence-electron chi connectivity index (χ0n) is 15.4. The van der Waals surface area contributed by atoms with Crippen LogP contribution in [0, 0.1) is 0 Å². The quantitative estimate of drug-likeness (QED) is 0.588. The van der Waals surface area contributed by atoms with Gasteiger partial charge in [-0.25, -0.2) is 4.79 Å². The Morgan fingerprint density at radius 2 is 1.96 bits per heavy atom. The van der Waals surface area contributed by atoms with Crippen molar-refractivity contribution in [2.45, 2.75) is 32.7 Å². The van der Waals surface area contributed by atoms with Crippen LogP contribution in [0.4, 0.5) is 5.82 Å². The van der Waals surface area contributed by atoms with E-state index in [1.807, 2.05) is 20.8 Å². The highest BCUT2D eigenvalue weighted by Crippen LogP contribution is 2.26. The Labute approximate surface area is 147 Å². The van der Waals surface area contributed by atoms with Crippen LogP contribution in [0.5, 0.6) is 0 Å². The van der Waals surface area contributed by atoms with E-state index >= 15 is 0 Å². The summed E-state index contributed by atoms with van der Waals surface area (Å²) in [6, 6.07) is 0. The second kappa shape index (κ2) is 8.61. The fourth-order valence-corrected chi connectivity index (χ4v) is 2.29. The van der Waals surface area contributed by atoms with Gasteiger partial charge < -0.3 is 20.6 Å². The number of carbonyl (C=O) groups excluding carboxylic acids is 1. The molecule has 0 aliphatic carbocycles. The highest BCUT2D eigenvalue weighted by Gasteiger charge is 2.22. The Balaban J connectivity index is 3.13. The fourth-order valence-electron chi connectivity index (χ4n) is 2.29. The molecule has 0 aliphatic rings. The van der Waals surface area contributed by atoms with Gasteiger partial charge in [-0.1, -0.05) is 20.8 Å². The number of aromatic nitrogens is 2. The van der Waals surface area contributed by atoms with E-state index < -0.39 is 24.1 Å². The molecule has 25 heavy (non-hydrogen) atoms. The molecule has 0 aromatic carbocycles. The van der Waals surface area contributed by atoms with Crippen molar-refractivity contribution in [1.29, 1.82) is 0 Å². The van der Waals surface area contributed by atoms with Crippen molar-refractivity contribution in [2.75, 3.05) is 39.0 Å². The van der Waals surface area contributed by atoms with Gasteiger partial charge in [0.2, 0.25) is 5.91 Å². The van der Waals surface area contributed by atoms with Gasteiger partial charge in [0.25, 0.3) is 0 Å². The van der Waals surface area contributed by atoms with E-state index in [4.69, 9.17) is 5.11 Å². The molecule has 1 aromatic heterocycles. The average Bonchev–Trinajstić information content (AvgIpc) is 2.51. The summed E-state index contributed by atoms with van der Waals surface area (Å²) in [6.45, 7) is 5.96. The molecular weight excluding hydrogens is 326 g/mol. The van der Waals surface area contributed by atoms with Crippen molar-refractivity contribution < 1.29 is 14.7 Å². The van der Waals surface area contributed by atoms with Gasteiger partial charge in [-0.05, 0) is 12.5 Å². The Kier molecular flexibility index (Phi) is 7.10. The predicted octanol–water partition coefficient (Wildman–Crippen LogP) is -0.285. The van der Waals surface area contributed by atoms with Crippen molar-refractivity contribution in [3.8, 4) is 0 Å². The molecule has 1 aromatic rings. The van der Waals surface area contributed by atoms with Crippen molar-refractivity contribution >= 4 is 17.7 Å². The number of carboxylic acids is 1. The summed E-state index contributed by atoms with van der Waals surface area (Å²) in [5.74, 6) is -1.08. The van der Waals surface area contributed by atoms with E-state index in [2.05, 4.69) is 15.6 Å². The van der Waals surface area contributed by atoms with Gasteiger partial charge in [0.1, 0.15) is 18.9 Å². The van der Waals surface area contributed by atoms with E-state index in [1.54, 1.807) is 20.3 Å². The number of carboxylic acid groups (broad SMARTS) is 1. The van der Waals surface area contributed by atoms with Gasteiger partial charge >= 0.3 is 11.7 Å². The lowest BCUT2D eigenvalue weighted by molar-refractivity contribution is -0.144. The molecule has 140 valence electrons. The molecule has 0 aliphatic heterocycles. The highest BCUT2D eigenvalue weighted by molar-refractivity contribution is 5.81. The maximum absolute atomic E-state index is 12.5. The first-order chi connectivity index (χ1) is 11.6. The van der Waals surface area contributed by atoms with Crippen molar-refractivity contribution in [1.82, 2.24) is 19.8 Å². The van der Waals surface area contributed by atoms with E-state index in [9.17, 15) is 14.4 Å². The molecule has 0 saturated heterocycles. The lowest BCUT2D eigenvalue weighted by Crippen LogP contribution is -2.43. The van der Waals surface area contributed by atoms with E-state index in [-0.39, 0.29) is 18.5 Å². The first-order valence-electron chi connectivity index (χ1n) is 8.04. The van der Waals surface area contributed by atoms with Crippen LogP contribution < -0.4 is 16.3 Å². The van der Waals surface area contributed by atoms with E-state index in [1.165, 1.54) is 9.47 Å². The largest absolute Gasteiger partial charge is 0.480 e. The third-order valence-electron chi connectivity index (χ3n) is 3.65. The third kappa shape index (κ3) is 5.86. The number of carbonyl (C=O) groups is 2. The Hall–Kier alpha value is -2.42. The molecule has 0 spiro atoms. The minimum absolute atomic E-state index is 0.241. The van der Waals surface area contributed by atoms with Crippen LogP contribution in [0.3, 0.4) is 0 Å². The highest BCUT2D eigenvalue weighted by atomic mass is 16.4. The molecule has 1 heterocycles. The van der Waals surface area contributed by atoms with Crippen LogP contribution >= 0.6 is 0 Å². The Morgan fingerprint density at radius 3 is 2.44 bits per heavy atom. The summed E-state index contributed by atoms with van der Waals surface area (Å²) >= 11 is 0. The Bertz CT molecular complexity index is 678. The molecule has 1 amide bonds. The topological polar surface area (TPSA) is 117 Å². The molecule has 0 saturated carbocycles. The summed E-state index contributed by atoms with van der Waals surface area (Å²) < 4.78 is 1.22. The van der Waals surface area contributed by atoms with Crippen molar-refractivity contribution in [3.05, 3.63) is 22.2 Å². The standard InChI is InChI=1S/C16H27N5O4/c1-16(2,3)11-8-21(15(25)19-14(11)18-5)9-12(22)20(7-6-17-4)10-13(23)24/h8,17H,6-7,9-10H2,1-5H3,(H,23,24)(H,18,19,25). The number of nitrogens with zero attached hydrogens (tertiary/aromatic N) is 3. The second-order valence-electron chi connectivity index (χ2n) is 6.73. The molecule has 0 unspecified atom stereocenters. The van der Waals surface area contributed by atoms with Gasteiger partial charge in [0, 0.05) is 31.9 Å². The number of hydrogen-bond acceptors (Lipinski definition) is 6. The third-order valence-corrected chi connectivity index (χ3v) is 3.65. The Morgan fingerprint density at radius 1 is 1.32 bits per heavy atom. The molecule has 1 rings (SSSR count). The maximum atomic E-state index is 12.5. The number of likely N-dealkylation sites (N-methyl/N-ethyl adjacent to an activating group) is 1. The maximum Gasteiger partial charge on any atom is 0.349 e. The monoisotopic (exact) mass is 353 g/mol. The van der Waals surface area contributed by atoms with Gasteiger partial charge in [-0.2, -0.15) is 4.98 Å². The molecule has 9 nitrogen and oxygen atoms in total. The average molecular weight is 353 g/mol. The zero-order valence-corrected chi connectivity index (χ0v) is 15.4. The normalized spacial score (nSPS) is 11.2. The summed E-state index contributed by atoms with van der Waals surface area (Å²) in [4.78, 5) is 40.8. The lowest BCUT2D eigenvalue weighted by atomic mass is 9.88.